The number of carbonyl (C=O) groups is 2. The molecule has 1 saturated carbocycles. The quantitative estimate of drug-likeness (QED) is 0.344. The van der Waals surface area contributed by atoms with Crippen molar-refractivity contribution in [2.45, 2.75) is 82.8 Å². The molecule has 2 aliphatic rings. The lowest BCUT2D eigenvalue weighted by Crippen LogP contribution is -2.54. The standard InChI is InChI=1S/C28H45FN4O3/c1-21(34)31-16-9-15-28(36,25-13-6-7-14-26(25)29)23-12-8-17-33(20-23)27(35)32-24(19-30-2)18-22-10-4-3-5-11-22/h6-7,13-14,22-24,30,36H,3-5,8-12,15-20H2,1-2H3,(H,31,34)(H,32,35)/t23?,24?,28-/m0/s1. The minimum Gasteiger partial charge on any atom is -0.385 e. The summed E-state index contributed by atoms with van der Waals surface area (Å²) >= 11 is 0. The zero-order valence-electron chi connectivity index (χ0n) is 22.0. The van der Waals surface area contributed by atoms with E-state index in [0.717, 1.165) is 19.4 Å². The molecule has 2 fully saturated rings. The number of piperidine rings is 1. The van der Waals surface area contributed by atoms with Crippen molar-refractivity contribution >= 4 is 11.9 Å². The van der Waals surface area contributed by atoms with Crippen LogP contribution in [0.2, 0.25) is 0 Å². The van der Waals surface area contributed by atoms with Crippen LogP contribution in [0.15, 0.2) is 24.3 Å². The number of nitrogens with zero attached hydrogens (tertiary/aromatic N) is 1. The second kappa shape index (κ2) is 13.9. The Morgan fingerprint density at radius 1 is 1.17 bits per heavy atom. The maximum atomic E-state index is 14.9. The number of hydrogen-bond donors (Lipinski definition) is 4. The van der Waals surface area contributed by atoms with Crippen LogP contribution < -0.4 is 16.0 Å². The van der Waals surface area contributed by atoms with Gasteiger partial charge in [-0.25, -0.2) is 9.18 Å². The van der Waals surface area contributed by atoms with E-state index in [1.807, 2.05) is 7.05 Å². The van der Waals surface area contributed by atoms with Crippen molar-refractivity contribution < 1.29 is 19.1 Å². The zero-order valence-corrected chi connectivity index (χ0v) is 22.0. The van der Waals surface area contributed by atoms with E-state index in [2.05, 4.69) is 16.0 Å². The van der Waals surface area contributed by atoms with Crippen molar-refractivity contribution in [3.05, 3.63) is 35.6 Å². The molecule has 3 amide bonds. The van der Waals surface area contributed by atoms with Gasteiger partial charge in [-0.3, -0.25) is 4.79 Å². The normalized spacial score (nSPS) is 21.4. The number of likely N-dealkylation sites (tertiary alicyclic amines) is 1. The molecule has 3 atom stereocenters. The number of nitrogens with one attached hydrogen (secondary N) is 3. The smallest absolute Gasteiger partial charge is 0.317 e. The number of rotatable bonds is 11. The lowest BCUT2D eigenvalue weighted by atomic mass is 9.74. The first kappa shape index (κ1) is 28.4. The highest BCUT2D eigenvalue weighted by molar-refractivity contribution is 5.74. The molecule has 202 valence electrons. The summed E-state index contributed by atoms with van der Waals surface area (Å²) in [4.78, 5) is 26.4. The molecule has 4 N–H and O–H groups in total. The summed E-state index contributed by atoms with van der Waals surface area (Å²) in [5, 5.41) is 21.1. The number of hydrogen-bond acceptors (Lipinski definition) is 4. The number of halogens is 1. The van der Waals surface area contributed by atoms with E-state index in [9.17, 15) is 19.1 Å². The van der Waals surface area contributed by atoms with Gasteiger partial charge in [0.1, 0.15) is 5.82 Å². The predicted octanol–water partition coefficient (Wildman–Crippen LogP) is 3.91. The number of benzene rings is 1. The minimum absolute atomic E-state index is 0.0640. The van der Waals surface area contributed by atoms with E-state index < -0.39 is 11.4 Å². The maximum Gasteiger partial charge on any atom is 0.317 e. The molecular formula is C28H45FN4O3. The van der Waals surface area contributed by atoms with Crippen molar-refractivity contribution in [2.24, 2.45) is 11.8 Å². The van der Waals surface area contributed by atoms with Crippen LogP contribution in [0.1, 0.15) is 76.7 Å². The summed E-state index contributed by atoms with van der Waals surface area (Å²) in [6, 6.07) is 6.32. The predicted molar refractivity (Wildman–Crippen MR) is 140 cm³/mol. The van der Waals surface area contributed by atoms with Gasteiger partial charge in [0.05, 0.1) is 5.60 Å². The summed E-state index contributed by atoms with van der Waals surface area (Å²) in [7, 11) is 1.91. The molecule has 1 aliphatic heterocycles. The van der Waals surface area contributed by atoms with Crippen LogP contribution in [0, 0.1) is 17.7 Å². The van der Waals surface area contributed by atoms with E-state index in [0.29, 0.717) is 44.8 Å². The molecule has 1 aliphatic carbocycles. The summed E-state index contributed by atoms with van der Waals surface area (Å²) in [6.07, 6.45) is 9.57. The van der Waals surface area contributed by atoms with Crippen LogP contribution >= 0.6 is 0 Å². The highest BCUT2D eigenvalue weighted by Crippen LogP contribution is 2.40. The average molecular weight is 505 g/mol. The van der Waals surface area contributed by atoms with Gasteiger partial charge in [0.15, 0.2) is 0 Å². The summed E-state index contributed by atoms with van der Waals surface area (Å²) in [5.41, 5.74) is -1.15. The SMILES string of the molecule is CNCC(CC1CCCCC1)NC(=O)N1CCCC([C@@](O)(CCCNC(C)=O)c2ccccc2F)C1. The third-order valence-electron chi connectivity index (χ3n) is 7.95. The number of carbonyl (C=O) groups excluding carboxylic acids is 2. The zero-order chi connectivity index (χ0) is 26.0. The molecule has 0 radical (unpaired) electrons. The molecule has 3 rings (SSSR count). The fourth-order valence-electron chi connectivity index (χ4n) is 6.08. The molecule has 36 heavy (non-hydrogen) atoms. The molecule has 8 heteroatoms. The second-order valence-corrected chi connectivity index (χ2v) is 10.7. The Hall–Kier alpha value is -2.19. The highest BCUT2D eigenvalue weighted by Gasteiger charge is 2.42. The summed E-state index contributed by atoms with van der Waals surface area (Å²) in [6.45, 7) is 3.58. The first-order valence-electron chi connectivity index (χ1n) is 13.7. The molecule has 2 unspecified atom stereocenters. The molecule has 1 aromatic carbocycles. The van der Waals surface area contributed by atoms with Gasteiger partial charge in [0, 0.05) is 50.6 Å². The molecule has 1 heterocycles. The molecule has 1 saturated heterocycles. The highest BCUT2D eigenvalue weighted by atomic mass is 19.1. The largest absolute Gasteiger partial charge is 0.385 e. The Morgan fingerprint density at radius 3 is 2.61 bits per heavy atom. The maximum absolute atomic E-state index is 14.9. The van der Waals surface area contributed by atoms with E-state index in [1.54, 1.807) is 23.1 Å². The molecular weight excluding hydrogens is 459 g/mol. The average Bonchev–Trinajstić information content (AvgIpc) is 2.87. The monoisotopic (exact) mass is 504 g/mol. The van der Waals surface area contributed by atoms with Crippen molar-refractivity contribution in [1.29, 1.82) is 0 Å². The van der Waals surface area contributed by atoms with E-state index >= 15 is 0 Å². The van der Waals surface area contributed by atoms with Crippen LogP contribution in [0.3, 0.4) is 0 Å². The lowest BCUT2D eigenvalue weighted by molar-refractivity contribution is -0.119. The van der Waals surface area contributed by atoms with E-state index in [1.165, 1.54) is 45.1 Å². The minimum atomic E-state index is -1.42. The van der Waals surface area contributed by atoms with Crippen molar-refractivity contribution in [2.75, 3.05) is 33.2 Å². The molecule has 0 aromatic heterocycles. The first-order valence-corrected chi connectivity index (χ1v) is 13.7. The Balaban J connectivity index is 1.69. The second-order valence-electron chi connectivity index (χ2n) is 10.7. The van der Waals surface area contributed by atoms with Crippen molar-refractivity contribution in [3.8, 4) is 0 Å². The van der Waals surface area contributed by atoms with Crippen LogP contribution in [-0.2, 0) is 10.4 Å². The third kappa shape index (κ3) is 7.90. The van der Waals surface area contributed by atoms with Gasteiger partial charge in [0.25, 0.3) is 0 Å². The first-order chi connectivity index (χ1) is 17.3. The van der Waals surface area contributed by atoms with Gasteiger partial charge in [-0.1, -0.05) is 50.3 Å². The molecule has 1 aromatic rings. The van der Waals surface area contributed by atoms with Gasteiger partial charge >= 0.3 is 6.03 Å². The van der Waals surface area contributed by atoms with Gasteiger partial charge in [0.2, 0.25) is 5.91 Å². The van der Waals surface area contributed by atoms with E-state index in [-0.39, 0.29) is 29.5 Å². The number of aliphatic hydroxyl groups is 1. The van der Waals surface area contributed by atoms with Crippen LogP contribution in [0.4, 0.5) is 9.18 Å². The topological polar surface area (TPSA) is 93.7 Å². The van der Waals surface area contributed by atoms with Crippen LogP contribution in [0.25, 0.3) is 0 Å². The van der Waals surface area contributed by atoms with Gasteiger partial charge in [-0.2, -0.15) is 0 Å². The molecule has 0 bridgehead atoms. The Morgan fingerprint density at radius 2 is 1.92 bits per heavy atom. The third-order valence-corrected chi connectivity index (χ3v) is 7.95. The number of likely N-dealkylation sites (N-methyl/N-ethyl adjacent to an activating group) is 1. The van der Waals surface area contributed by atoms with Gasteiger partial charge in [-0.15, -0.1) is 0 Å². The fraction of sp³-hybridized carbons (Fsp3) is 0.714. The number of urea groups is 1. The van der Waals surface area contributed by atoms with Crippen LogP contribution in [0.5, 0.6) is 0 Å². The summed E-state index contributed by atoms with van der Waals surface area (Å²) < 4.78 is 14.9. The van der Waals surface area contributed by atoms with E-state index in [4.69, 9.17) is 0 Å². The van der Waals surface area contributed by atoms with Crippen LogP contribution in [-0.4, -0.2) is 61.2 Å². The Kier molecular flexibility index (Phi) is 11.0. The molecule has 7 nitrogen and oxygen atoms in total. The number of amides is 3. The Labute approximate surface area is 215 Å². The van der Waals surface area contributed by atoms with Crippen molar-refractivity contribution in [3.63, 3.8) is 0 Å². The van der Waals surface area contributed by atoms with Crippen molar-refractivity contribution in [1.82, 2.24) is 20.9 Å². The fourth-order valence-corrected chi connectivity index (χ4v) is 6.08. The Bertz CT molecular complexity index is 848. The summed E-state index contributed by atoms with van der Waals surface area (Å²) in [5.74, 6) is -0.217. The lowest BCUT2D eigenvalue weighted by Gasteiger charge is -2.43. The van der Waals surface area contributed by atoms with Gasteiger partial charge < -0.3 is 26.0 Å². The van der Waals surface area contributed by atoms with Gasteiger partial charge in [-0.05, 0) is 51.1 Å². The molecule has 0 spiro atoms.